The van der Waals surface area contributed by atoms with E-state index in [1.165, 1.54) is 12.0 Å². The fourth-order valence-electron chi connectivity index (χ4n) is 2.85. The summed E-state index contributed by atoms with van der Waals surface area (Å²) in [4.78, 5) is 26.3. The lowest BCUT2D eigenvalue weighted by molar-refractivity contribution is -0.117. The van der Waals surface area contributed by atoms with Crippen molar-refractivity contribution in [3.05, 3.63) is 69.7 Å². The second-order valence-corrected chi connectivity index (χ2v) is 7.53. The Morgan fingerprint density at radius 3 is 2.71 bits per heavy atom. The number of primary amides is 1. The molecule has 0 radical (unpaired) electrons. The second-order valence-electron chi connectivity index (χ2n) is 5.93. The molecule has 1 atom stereocenters. The normalized spacial score (nSPS) is 18.0. The number of benzene rings is 2. The van der Waals surface area contributed by atoms with Gasteiger partial charge in [-0.2, -0.15) is 5.26 Å². The largest absolute Gasteiger partial charge is 0.497 e. The number of carbonyl (C=O) groups is 2. The van der Waals surface area contributed by atoms with Gasteiger partial charge in [0.05, 0.1) is 18.0 Å². The summed E-state index contributed by atoms with van der Waals surface area (Å²) in [6.07, 6.45) is 0.352. The molecule has 0 aromatic heterocycles. The first kappa shape index (κ1) is 19.8. The summed E-state index contributed by atoms with van der Waals surface area (Å²) >= 11 is 7.36. The van der Waals surface area contributed by atoms with E-state index in [0.717, 1.165) is 17.3 Å². The van der Waals surface area contributed by atoms with Crippen LogP contribution < -0.4 is 15.4 Å². The van der Waals surface area contributed by atoms with Gasteiger partial charge >= 0.3 is 0 Å². The predicted octanol–water partition coefficient (Wildman–Crippen LogP) is 3.26. The Kier molecular flexibility index (Phi) is 5.93. The summed E-state index contributed by atoms with van der Waals surface area (Å²) in [7, 11) is 1.51. The van der Waals surface area contributed by atoms with Crippen molar-refractivity contribution < 1.29 is 14.3 Å². The molecule has 1 saturated heterocycles. The van der Waals surface area contributed by atoms with Crippen LogP contribution in [0.1, 0.15) is 5.56 Å². The van der Waals surface area contributed by atoms with Crippen molar-refractivity contribution >= 4 is 40.9 Å². The summed E-state index contributed by atoms with van der Waals surface area (Å²) in [5.74, 6) is -0.604. The summed E-state index contributed by atoms with van der Waals surface area (Å²) in [5, 5.41) is 9.64. The monoisotopic (exact) mass is 413 g/mol. The van der Waals surface area contributed by atoms with Crippen molar-refractivity contribution in [1.29, 1.82) is 5.26 Å². The minimum atomic E-state index is -0.885. The van der Waals surface area contributed by atoms with Gasteiger partial charge in [-0.25, -0.2) is 0 Å². The molecule has 1 fully saturated rings. The second kappa shape index (κ2) is 8.38. The highest BCUT2D eigenvalue weighted by Gasteiger charge is 2.40. The number of hydrogen-bond acceptors (Lipinski definition) is 5. The number of halogens is 1. The summed E-state index contributed by atoms with van der Waals surface area (Å²) in [5.41, 5.74) is 6.41. The molecule has 2 aromatic rings. The predicted molar refractivity (Wildman–Crippen MR) is 109 cm³/mol. The molecular formula is C20H16ClN3O3S. The van der Waals surface area contributed by atoms with Gasteiger partial charge in [0.2, 0.25) is 5.91 Å². The number of rotatable bonds is 5. The van der Waals surface area contributed by atoms with Crippen LogP contribution in [0.2, 0.25) is 5.02 Å². The van der Waals surface area contributed by atoms with Crippen LogP contribution in [0.15, 0.2) is 59.1 Å². The molecule has 1 heterocycles. The van der Waals surface area contributed by atoms with Gasteiger partial charge in [0.1, 0.15) is 22.4 Å². The third-order valence-electron chi connectivity index (χ3n) is 4.20. The average molecular weight is 414 g/mol. The number of nitrogens with two attached hydrogens (primary N) is 1. The fourth-order valence-corrected chi connectivity index (χ4v) is 4.36. The number of amides is 2. The maximum absolute atomic E-state index is 13.2. The Bertz CT molecular complexity index is 1020. The Morgan fingerprint density at radius 2 is 2.07 bits per heavy atom. The summed E-state index contributed by atoms with van der Waals surface area (Å²) in [6.45, 7) is 0. The first-order valence-corrected chi connectivity index (χ1v) is 9.54. The molecule has 2 N–H and O–H groups in total. The molecule has 142 valence electrons. The van der Waals surface area contributed by atoms with Crippen molar-refractivity contribution in [3.63, 3.8) is 0 Å². The van der Waals surface area contributed by atoms with Crippen LogP contribution in [0.3, 0.4) is 0 Å². The van der Waals surface area contributed by atoms with Crippen LogP contribution in [-0.2, 0) is 16.0 Å². The van der Waals surface area contributed by atoms with Gasteiger partial charge < -0.3 is 10.5 Å². The average Bonchev–Trinajstić information content (AvgIpc) is 3.00. The van der Waals surface area contributed by atoms with Gasteiger partial charge in [0, 0.05) is 11.1 Å². The van der Waals surface area contributed by atoms with E-state index in [0.29, 0.717) is 22.9 Å². The quantitative estimate of drug-likeness (QED) is 0.599. The highest BCUT2D eigenvalue weighted by atomic mass is 35.5. The van der Waals surface area contributed by atoms with Gasteiger partial charge in [0.25, 0.3) is 5.91 Å². The topological polar surface area (TPSA) is 96.4 Å². The van der Waals surface area contributed by atoms with Crippen LogP contribution in [0.4, 0.5) is 5.69 Å². The number of hydrogen-bond donors (Lipinski definition) is 1. The van der Waals surface area contributed by atoms with Crippen LogP contribution >= 0.6 is 23.4 Å². The van der Waals surface area contributed by atoms with Gasteiger partial charge in [-0.05, 0) is 30.2 Å². The minimum absolute atomic E-state index is 0.213. The van der Waals surface area contributed by atoms with Gasteiger partial charge in [0.15, 0.2) is 0 Å². The maximum atomic E-state index is 13.2. The first-order chi connectivity index (χ1) is 13.5. The van der Waals surface area contributed by atoms with E-state index in [4.69, 9.17) is 22.1 Å². The fraction of sp³-hybridized carbons (Fsp3) is 0.150. The molecule has 0 aliphatic carbocycles. The number of anilines is 1. The van der Waals surface area contributed by atoms with Crippen molar-refractivity contribution in [1.82, 2.24) is 0 Å². The molecule has 0 spiro atoms. The summed E-state index contributed by atoms with van der Waals surface area (Å²) < 4.78 is 5.22. The molecule has 2 amide bonds. The highest BCUT2D eigenvalue weighted by molar-refractivity contribution is 8.05. The molecule has 1 aliphatic heterocycles. The lowest BCUT2D eigenvalue weighted by Gasteiger charge is -2.19. The Labute approximate surface area is 171 Å². The zero-order valence-electron chi connectivity index (χ0n) is 14.9. The number of nitriles is 1. The standard InChI is InChI=1S/C20H16ClN3O3S/c1-27-14-7-4-6-13(10-14)24-19(26)17(9-12-5-2-3-8-16(12)21)28-20(24)15(11-22)18(23)25/h2-8,10,17H,9H2,1H3,(H2,23,25)/b20-15-. The molecule has 0 bridgehead atoms. The zero-order chi connectivity index (χ0) is 20.3. The van der Waals surface area contributed by atoms with Crippen LogP contribution in [0.5, 0.6) is 5.75 Å². The number of ether oxygens (including phenoxy) is 1. The van der Waals surface area contributed by atoms with E-state index in [1.807, 2.05) is 24.3 Å². The first-order valence-electron chi connectivity index (χ1n) is 8.28. The zero-order valence-corrected chi connectivity index (χ0v) is 16.5. The highest BCUT2D eigenvalue weighted by Crippen LogP contribution is 2.42. The lowest BCUT2D eigenvalue weighted by atomic mass is 10.1. The van der Waals surface area contributed by atoms with Gasteiger partial charge in [-0.3, -0.25) is 14.5 Å². The molecule has 6 nitrogen and oxygen atoms in total. The number of thioether (sulfide) groups is 1. The van der Waals surface area contributed by atoms with E-state index < -0.39 is 11.2 Å². The smallest absolute Gasteiger partial charge is 0.262 e. The number of methoxy groups -OCH3 is 1. The lowest BCUT2D eigenvalue weighted by Crippen LogP contribution is -2.31. The third kappa shape index (κ3) is 3.84. The van der Waals surface area contributed by atoms with E-state index in [1.54, 1.807) is 30.3 Å². The maximum Gasteiger partial charge on any atom is 0.262 e. The Hall–Kier alpha value is -2.95. The molecule has 28 heavy (non-hydrogen) atoms. The third-order valence-corrected chi connectivity index (χ3v) is 5.83. The van der Waals surface area contributed by atoms with Crippen LogP contribution in [0, 0.1) is 11.3 Å². The molecule has 3 rings (SSSR count). The van der Waals surface area contributed by atoms with Gasteiger partial charge in [-0.15, -0.1) is 0 Å². The number of carbonyl (C=O) groups excluding carboxylic acids is 2. The number of nitrogens with zero attached hydrogens (tertiary/aromatic N) is 2. The van der Waals surface area contributed by atoms with Crippen molar-refractivity contribution in [2.24, 2.45) is 5.73 Å². The van der Waals surface area contributed by atoms with Gasteiger partial charge in [-0.1, -0.05) is 47.6 Å². The van der Waals surface area contributed by atoms with Crippen LogP contribution in [-0.4, -0.2) is 24.2 Å². The van der Waals surface area contributed by atoms with Crippen LogP contribution in [0.25, 0.3) is 0 Å². The molecule has 0 saturated carbocycles. The minimum Gasteiger partial charge on any atom is -0.497 e. The van der Waals surface area contributed by atoms with Crippen molar-refractivity contribution in [2.45, 2.75) is 11.7 Å². The van der Waals surface area contributed by atoms with E-state index in [2.05, 4.69) is 0 Å². The van der Waals surface area contributed by atoms with E-state index >= 15 is 0 Å². The van der Waals surface area contributed by atoms with E-state index in [9.17, 15) is 14.9 Å². The van der Waals surface area contributed by atoms with Crippen molar-refractivity contribution in [2.75, 3.05) is 12.0 Å². The van der Waals surface area contributed by atoms with E-state index in [-0.39, 0.29) is 16.5 Å². The molecular weight excluding hydrogens is 398 g/mol. The molecule has 8 heteroatoms. The van der Waals surface area contributed by atoms with Crippen molar-refractivity contribution in [3.8, 4) is 11.8 Å². The summed E-state index contributed by atoms with van der Waals surface area (Å²) in [6, 6.07) is 15.9. The molecule has 2 aromatic carbocycles. The molecule has 1 aliphatic rings. The Morgan fingerprint density at radius 1 is 1.32 bits per heavy atom. The SMILES string of the molecule is COc1cccc(N2C(=O)C(Cc3ccccc3Cl)S/C2=C(/C#N)C(N)=O)c1. The Balaban J connectivity index is 2.06. The molecule has 1 unspecified atom stereocenters.